The maximum Gasteiger partial charge on any atom is 0.114 e. The van der Waals surface area contributed by atoms with Gasteiger partial charge in [-0.25, -0.2) is 0 Å². The van der Waals surface area contributed by atoms with Crippen LogP contribution >= 0.6 is 11.8 Å². The highest BCUT2D eigenvalue weighted by molar-refractivity contribution is 8.02. The monoisotopic (exact) mass is 301 g/mol. The van der Waals surface area contributed by atoms with Crippen LogP contribution < -0.4 is 5.32 Å². The first-order chi connectivity index (χ1) is 9.54. The summed E-state index contributed by atoms with van der Waals surface area (Å²) in [6.07, 6.45) is 2.47. The third-order valence-electron chi connectivity index (χ3n) is 3.10. The van der Waals surface area contributed by atoms with Gasteiger partial charge >= 0.3 is 0 Å². The summed E-state index contributed by atoms with van der Waals surface area (Å²) in [5.74, 6) is 0. The Balaban J connectivity index is 4.15. The van der Waals surface area contributed by atoms with Gasteiger partial charge in [0.25, 0.3) is 0 Å². The molecule has 0 aromatic heterocycles. The number of rotatable bonds is 11. The van der Waals surface area contributed by atoms with Crippen LogP contribution in [0.1, 0.15) is 40.5 Å². The van der Waals surface area contributed by atoms with Crippen LogP contribution in [-0.4, -0.2) is 49.7 Å². The molecule has 0 saturated carbocycles. The molecule has 0 fully saturated rings. The molecule has 0 saturated heterocycles. The highest BCUT2D eigenvalue weighted by atomic mass is 32.2. The first kappa shape index (κ1) is 19.3. The number of allylic oxidation sites excluding steroid dienone is 1. The molecule has 0 aliphatic carbocycles. The summed E-state index contributed by atoms with van der Waals surface area (Å²) in [6.45, 7) is 11.3. The average Bonchev–Trinajstić information content (AvgIpc) is 2.45. The summed E-state index contributed by atoms with van der Waals surface area (Å²) in [4.78, 5) is 7.43. The maximum atomic E-state index is 5.08. The summed E-state index contributed by atoms with van der Waals surface area (Å²) >= 11 is 1.85. The van der Waals surface area contributed by atoms with Crippen molar-refractivity contribution in [2.45, 2.75) is 45.8 Å². The summed E-state index contributed by atoms with van der Waals surface area (Å²) in [7, 11) is 4.09. The number of hydrogen-bond acceptors (Lipinski definition) is 5. The van der Waals surface area contributed by atoms with Crippen molar-refractivity contribution in [1.29, 1.82) is 0 Å². The van der Waals surface area contributed by atoms with Crippen LogP contribution in [-0.2, 0) is 4.84 Å². The highest BCUT2D eigenvalue weighted by Gasteiger charge is 2.05. The quantitative estimate of drug-likeness (QED) is 0.469. The SMILES string of the molecule is CCO/N=C(C)/C(=C/S[C@@H](C)CCCN(C)CC)NC. The standard InChI is InChI=1S/C15H31N3OS/c1-7-18(6)11-9-10-13(3)20-12-15(16-5)14(4)17-19-8-2/h12-13,16H,7-11H2,1-6H3/b15-12-,17-14+/t13-/m0/s1. The van der Waals surface area contributed by atoms with Crippen molar-refractivity contribution in [3.63, 3.8) is 0 Å². The Hall–Kier alpha value is -0.680. The van der Waals surface area contributed by atoms with E-state index in [0.717, 1.165) is 18.0 Å². The van der Waals surface area contributed by atoms with Crippen LogP contribution in [0.5, 0.6) is 0 Å². The lowest BCUT2D eigenvalue weighted by Gasteiger charge is -2.15. The topological polar surface area (TPSA) is 36.9 Å². The Morgan fingerprint density at radius 1 is 1.45 bits per heavy atom. The van der Waals surface area contributed by atoms with Crippen LogP contribution in [0, 0.1) is 0 Å². The van der Waals surface area contributed by atoms with Crippen LogP contribution in [0.3, 0.4) is 0 Å². The van der Waals surface area contributed by atoms with Gasteiger partial charge in [0.15, 0.2) is 0 Å². The van der Waals surface area contributed by atoms with Crippen molar-refractivity contribution in [3.05, 3.63) is 11.1 Å². The molecule has 0 aliphatic rings. The molecule has 0 aliphatic heterocycles. The summed E-state index contributed by atoms with van der Waals surface area (Å²) in [5, 5.41) is 9.98. The minimum absolute atomic E-state index is 0.600. The van der Waals surface area contributed by atoms with E-state index in [2.05, 4.69) is 41.7 Å². The van der Waals surface area contributed by atoms with Gasteiger partial charge in [-0.15, -0.1) is 11.8 Å². The molecule has 0 aromatic rings. The molecule has 0 spiro atoms. The predicted molar refractivity (Wildman–Crippen MR) is 91.3 cm³/mol. The molecule has 0 heterocycles. The van der Waals surface area contributed by atoms with E-state index in [1.165, 1.54) is 19.4 Å². The lowest BCUT2D eigenvalue weighted by Crippen LogP contribution is -2.19. The van der Waals surface area contributed by atoms with Gasteiger partial charge in [-0.3, -0.25) is 0 Å². The van der Waals surface area contributed by atoms with E-state index < -0.39 is 0 Å². The van der Waals surface area contributed by atoms with Crippen molar-refractivity contribution >= 4 is 17.5 Å². The molecule has 0 bridgehead atoms. The molecular formula is C15H31N3OS. The molecular weight excluding hydrogens is 270 g/mol. The zero-order valence-electron chi connectivity index (χ0n) is 13.9. The molecule has 5 heteroatoms. The Labute approximate surface area is 129 Å². The molecule has 20 heavy (non-hydrogen) atoms. The molecule has 1 atom stereocenters. The van der Waals surface area contributed by atoms with Gasteiger partial charge in [0.2, 0.25) is 0 Å². The molecule has 0 radical (unpaired) electrons. The normalized spacial score (nSPS) is 14.6. The van der Waals surface area contributed by atoms with Crippen LogP contribution in [0.4, 0.5) is 0 Å². The number of nitrogens with zero attached hydrogens (tertiary/aromatic N) is 2. The third kappa shape index (κ3) is 9.26. The third-order valence-corrected chi connectivity index (χ3v) is 4.17. The average molecular weight is 302 g/mol. The van der Waals surface area contributed by atoms with Gasteiger partial charge in [0, 0.05) is 12.3 Å². The molecule has 0 rings (SSSR count). The predicted octanol–water partition coefficient (Wildman–Crippen LogP) is 3.31. The van der Waals surface area contributed by atoms with E-state index in [-0.39, 0.29) is 0 Å². The van der Waals surface area contributed by atoms with Gasteiger partial charge in [0.1, 0.15) is 12.3 Å². The fourth-order valence-corrected chi connectivity index (χ4v) is 2.55. The smallest absolute Gasteiger partial charge is 0.114 e. The minimum atomic E-state index is 0.600. The number of thioether (sulfide) groups is 1. The Bertz CT molecular complexity index is 305. The van der Waals surface area contributed by atoms with Crippen molar-refractivity contribution in [1.82, 2.24) is 10.2 Å². The van der Waals surface area contributed by atoms with Crippen molar-refractivity contribution in [2.75, 3.05) is 33.8 Å². The van der Waals surface area contributed by atoms with Crippen molar-refractivity contribution in [3.8, 4) is 0 Å². The Morgan fingerprint density at radius 2 is 2.15 bits per heavy atom. The summed E-state index contributed by atoms with van der Waals surface area (Å²) < 4.78 is 0. The lowest BCUT2D eigenvalue weighted by molar-refractivity contribution is 0.158. The second kappa shape index (κ2) is 12.1. The van der Waals surface area contributed by atoms with Gasteiger partial charge in [-0.05, 0) is 52.2 Å². The van der Waals surface area contributed by atoms with E-state index in [1.54, 1.807) is 0 Å². The van der Waals surface area contributed by atoms with Crippen LogP contribution in [0.2, 0.25) is 0 Å². The number of hydrogen-bond donors (Lipinski definition) is 1. The zero-order valence-corrected chi connectivity index (χ0v) is 14.7. The van der Waals surface area contributed by atoms with E-state index in [9.17, 15) is 0 Å². The van der Waals surface area contributed by atoms with E-state index in [0.29, 0.717) is 11.9 Å². The Kier molecular flexibility index (Phi) is 11.7. The molecule has 4 nitrogen and oxygen atoms in total. The first-order valence-electron chi connectivity index (χ1n) is 7.43. The molecule has 118 valence electrons. The second-order valence-electron chi connectivity index (χ2n) is 4.86. The minimum Gasteiger partial charge on any atom is -0.396 e. The fourth-order valence-electron chi connectivity index (χ4n) is 1.59. The number of oxime groups is 1. The zero-order chi connectivity index (χ0) is 15.4. The molecule has 0 aromatic carbocycles. The van der Waals surface area contributed by atoms with E-state index in [1.807, 2.05) is 32.7 Å². The van der Waals surface area contributed by atoms with E-state index >= 15 is 0 Å². The van der Waals surface area contributed by atoms with Crippen molar-refractivity contribution < 1.29 is 4.84 Å². The molecule has 0 unspecified atom stereocenters. The first-order valence-corrected chi connectivity index (χ1v) is 8.38. The fraction of sp³-hybridized carbons (Fsp3) is 0.800. The molecule has 0 amide bonds. The largest absolute Gasteiger partial charge is 0.396 e. The maximum absolute atomic E-state index is 5.08. The number of nitrogens with one attached hydrogen (secondary N) is 1. The van der Waals surface area contributed by atoms with Gasteiger partial charge in [-0.1, -0.05) is 19.0 Å². The van der Waals surface area contributed by atoms with Crippen LogP contribution in [0.25, 0.3) is 0 Å². The van der Waals surface area contributed by atoms with Gasteiger partial charge in [0.05, 0.1) is 5.70 Å². The second-order valence-corrected chi connectivity index (χ2v) is 6.17. The van der Waals surface area contributed by atoms with Crippen LogP contribution in [0.15, 0.2) is 16.3 Å². The van der Waals surface area contributed by atoms with Crippen molar-refractivity contribution in [2.24, 2.45) is 5.16 Å². The van der Waals surface area contributed by atoms with E-state index in [4.69, 9.17) is 4.84 Å². The summed E-state index contributed by atoms with van der Waals surface area (Å²) in [6, 6.07) is 0. The Morgan fingerprint density at radius 3 is 2.70 bits per heavy atom. The summed E-state index contributed by atoms with van der Waals surface area (Å²) in [5.41, 5.74) is 1.92. The highest BCUT2D eigenvalue weighted by Crippen LogP contribution is 2.19. The molecule has 1 N–H and O–H groups in total. The van der Waals surface area contributed by atoms with Gasteiger partial charge < -0.3 is 15.1 Å². The van der Waals surface area contributed by atoms with Gasteiger partial charge in [-0.2, -0.15) is 0 Å². The lowest BCUT2D eigenvalue weighted by atomic mass is 10.2.